The lowest BCUT2D eigenvalue weighted by Crippen LogP contribution is -2.33. The van der Waals surface area contributed by atoms with Crippen LogP contribution in [0.15, 0.2) is 0 Å². The zero-order chi connectivity index (χ0) is 13.5. The van der Waals surface area contributed by atoms with Gasteiger partial charge in [0, 0.05) is 19.3 Å². The Kier molecular flexibility index (Phi) is 6.66. The van der Waals surface area contributed by atoms with Crippen molar-refractivity contribution >= 4 is 0 Å². The van der Waals surface area contributed by atoms with Crippen LogP contribution >= 0.6 is 0 Å². The van der Waals surface area contributed by atoms with Crippen molar-refractivity contribution in [2.75, 3.05) is 19.8 Å². The fourth-order valence-electron chi connectivity index (χ4n) is 3.84. The van der Waals surface area contributed by atoms with Gasteiger partial charge in [0.1, 0.15) is 0 Å². The molecule has 0 aromatic rings. The topological polar surface area (TPSA) is 21.3 Å². The molecule has 0 spiro atoms. The van der Waals surface area contributed by atoms with Crippen molar-refractivity contribution < 1.29 is 4.74 Å². The van der Waals surface area contributed by atoms with Gasteiger partial charge in [-0.05, 0) is 50.0 Å². The zero-order valence-corrected chi connectivity index (χ0v) is 13.0. The Labute approximate surface area is 119 Å². The molecule has 0 radical (unpaired) electrons. The van der Waals surface area contributed by atoms with E-state index in [1.54, 1.807) is 0 Å². The quantitative estimate of drug-likeness (QED) is 0.760. The van der Waals surface area contributed by atoms with Crippen molar-refractivity contribution in [3.63, 3.8) is 0 Å². The molecule has 112 valence electrons. The molecule has 2 rings (SSSR count). The van der Waals surface area contributed by atoms with Gasteiger partial charge in [-0.25, -0.2) is 0 Å². The zero-order valence-electron chi connectivity index (χ0n) is 13.0. The first kappa shape index (κ1) is 15.3. The van der Waals surface area contributed by atoms with Gasteiger partial charge in [-0.1, -0.05) is 39.5 Å². The standard InChI is InChI=1S/C17H33NO/c1-14(2)18-13-17-7-5-3-4-6-16(17)12-15-8-10-19-11-9-15/h14-18H,3-13H2,1-2H3. The third-order valence-corrected chi connectivity index (χ3v) is 5.08. The molecule has 1 aliphatic carbocycles. The monoisotopic (exact) mass is 267 g/mol. The minimum atomic E-state index is 0.631. The molecule has 2 fully saturated rings. The Bertz CT molecular complexity index is 235. The highest BCUT2D eigenvalue weighted by Crippen LogP contribution is 2.35. The van der Waals surface area contributed by atoms with E-state index >= 15 is 0 Å². The minimum Gasteiger partial charge on any atom is -0.381 e. The van der Waals surface area contributed by atoms with Crippen LogP contribution in [0.1, 0.15) is 65.2 Å². The summed E-state index contributed by atoms with van der Waals surface area (Å²) in [7, 11) is 0. The highest BCUT2D eigenvalue weighted by Gasteiger charge is 2.27. The summed E-state index contributed by atoms with van der Waals surface area (Å²) in [5.74, 6) is 2.84. The second kappa shape index (κ2) is 8.26. The van der Waals surface area contributed by atoms with Crippen molar-refractivity contribution in [2.45, 2.75) is 71.3 Å². The molecule has 2 nitrogen and oxygen atoms in total. The molecule has 0 amide bonds. The lowest BCUT2D eigenvalue weighted by Gasteiger charge is -2.31. The molecule has 1 N–H and O–H groups in total. The van der Waals surface area contributed by atoms with Crippen LogP contribution in [0.5, 0.6) is 0 Å². The Hall–Kier alpha value is -0.0800. The predicted octanol–water partition coefficient (Wildman–Crippen LogP) is 4.00. The molecule has 2 unspecified atom stereocenters. The van der Waals surface area contributed by atoms with Crippen LogP contribution in [0.3, 0.4) is 0 Å². The number of rotatable bonds is 5. The second-order valence-electron chi connectivity index (χ2n) is 7.01. The van der Waals surface area contributed by atoms with Gasteiger partial charge in [0.2, 0.25) is 0 Å². The van der Waals surface area contributed by atoms with E-state index in [-0.39, 0.29) is 0 Å². The van der Waals surface area contributed by atoms with Crippen LogP contribution < -0.4 is 5.32 Å². The summed E-state index contributed by atoms with van der Waals surface area (Å²) in [5, 5.41) is 3.69. The largest absolute Gasteiger partial charge is 0.381 e. The fourth-order valence-corrected chi connectivity index (χ4v) is 3.84. The molecule has 2 heteroatoms. The first-order valence-corrected chi connectivity index (χ1v) is 8.57. The van der Waals surface area contributed by atoms with Crippen LogP contribution in [0.2, 0.25) is 0 Å². The van der Waals surface area contributed by atoms with E-state index in [0.717, 1.165) is 31.0 Å². The van der Waals surface area contributed by atoms with Gasteiger partial charge in [0.25, 0.3) is 0 Å². The SMILES string of the molecule is CC(C)NCC1CCCCCC1CC1CCOCC1. The van der Waals surface area contributed by atoms with Gasteiger partial charge in [-0.15, -0.1) is 0 Å². The Morgan fingerprint density at radius 1 is 0.947 bits per heavy atom. The van der Waals surface area contributed by atoms with E-state index in [4.69, 9.17) is 4.74 Å². The summed E-state index contributed by atoms with van der Waals surface area (Å²) < 4.78 is 5.51. The van der Waals surface area contributed by atoms with Crippen LogP contribution in [-0.4, -0.2) is 25.8 Å². The maximum atomic E-state index is 5.51. The Balaban J connectivity index is 1.84. The summed E-state index contributed by atoms with van der Waals surface area (Å²) in [5.41, 5.74) is 0. The third kappa shape index (κ3) is 5.43. The molecule has 1 saturated carbocycles. The Morgan fingerprint density at radius 3 is 2.32 bits per heavy atom. The van der Waals surface area contributed by atoms with Crippen LogP contribution in [0.25, 0.3) is 0 Å². The molecule has 1 aliphatic heterocycles. The number of nitrogens with one attached hydrogen (secondary N) is 1. The molecule has 0 aromatic heterocycles. The summed E-state index contributed by atoms with van der Waals surface area (Å²) in [6.45, 7) is 7.79. The lowest BCUT2D eigenvalue weighted by atomic mass is 9.79. The molecule has 0 aromatic carbocycles. The normalized spacial score (nSPS) is 30.5. The first-order valence-electron chi connectivity index (χ1n) is 8.57. The van der Waals surface area contributed by atoms with Crippen molar-refractivity contribution in [2.24, 2.45) is 17.8 Å². The fraction of sp³-hybridized carbons (Fsp3) is 1.00. The maximum Gasteiger partial charge on any atom is 0.0468 e. The van der Waals surface area contributed by atoms with E-state index < -0.39 is 0 Å². The van der Waals surface area contributed by atoms with E-state index in [1.165, 1.54) is 57.9 Å². The second-order valence-corrected chi connectivity index (χ2v) is 7.01. The molecule has 1 saturated heterocycles. The summed E-state index contributed by atoms with van der Waals surface area (Å²) in [6, 6.07) is 0.631. The summed E-state index contributed by atoms with van der Waals surface area (Å²) >= 11 is 0. The van der Waals surface area contributed by atoms with Crippen molar-refractivity contribution in [1.82, 2.24) is 5.32 Å². The average molecular weight is 267 g/mol. The number of hydrogen-bond acceptors (Lipinski definition) is 2. The summed E-state index contributed by atoms with van der Waals surface area (Å²) in [6.07, 6.45) is 11.4. The average Bonchev–Trinajstić information content (AvgIpc) is 2.63. The van der Waals surface area contributed by atoms with E-state index in [9.17, 15) is 0 Å². The highest BCUT2D eigenvalue weighted by molar-refractivity contribution is 4.79. The molecular weight excluding hydrogens is 234 g/mol. The van der Waals surface area contributed by atoms with Gasteiger partial charge in [0.05, 0.1) is 0 Å². The van der Waals surface area contributed by atoms with Crippen molar-refractivity contribution in [3.8, 4) is 0 Å². The molecule has 19 heavy (non-hydrogen) atoms. The van der Waals surface area contributed by atoms with Gasteiger partial charge < -0.3 is 10.1 Å². The molecular formula is C17H33NO. The molecule has 2 atom stereocenters. The molecule has 2 aliphatic rings. The van der Waals surface area contributed by atoms with Crippen LogP contribution in [0.4, 0.5) is 0 Å². The number of hydrogen-bond donors (Lipinski definition) is 1. The van der Waals surface area contributed by atoms with Gasteiger partial charge >= 0.3 is 0 Å². The van der Waals surface area contributed by atoms with Crippen molar-refractivity contribution in [1.29, 1.82) is 0 Å². The summed E-state index contributed by atoms with van der Waals surface area (Å²) in [4.78, 5) is 0. The van der Waals surface area contributed by atoms with Crippen molar-refractivity contribution in [3.05, 3.63) is 0 Å². The van der Waals surface area contributed by atoms with E-state index in [2.05, 4.69) is 19.2 Å². The van der Waals surface area contributed by atoms with E-state index in [0.29, 0.717) is 6.04 Å². The van der Waals surface area contributed by atoms with Crippen LogP contribution in [0, 0.1) is 17.8 Å². The Morgan fingerprint density at radius 2 is 1.63 bits per heavy atom. The maximum absolute atomic E-state index is 5.51. The lowest BCUT2D eigenvalue weighted by molar-refractivity contribution is 0.0537. The van der Waals surface area contributed by atoms with Crippen LogP contribution in [-0.2, 0) is 4.74 Å². The van der Waals surface area contributed by atoms with Gasteiger partial charge in [-0.2, -0.15) is 0 Å². The van der Waals surface area contributed by atoms with E-state index in [1.807, 2.05) is 0 Å². The highest BCUT2D eigenvalue weighted by atomic mass is 16.5. The molecule has 1 heterocycles. The predicted molar refractivity (Wildman–Crippen MR) is 81.4 cm³/mol. The number of ether oxygens (including phenoxy) is 1. The van der Waals surface area contributed by atoms with Gasteiger partial charge in [-0.3, -0.25) is 0 Å². The smallest absolute Gasteiger partial charge is 0.0468 e. The first-order chi connectivity index (χ1) is 9.25. The minimum absolute atomic E-state index is 0.631. The van der Waals surface area contributed by atoms with Gasteiger partial charge in [0.15, 0.2) is 0 Å². The third-order valence-electron chi connectivity index (χ3n) is 5.08. The molecule has 0 bridgehead atoms.